The number of thiocarbonyl (C=S) groups is 1. The lowest BCUT2D eigenvalue weighted by atomic mass is 10.6. The number of aryl methyl sites for hydroxylation is 1. The van der Waals surface area contributed by atoms with Crippen LogP contribution in [-0.4, -0.2) is 124 Å². The smallest absolute Gasteiger partial charge is 0.235 e. The highest BCUT2D eigenvalue weighted by atomic mass is 32.2. The number of rotatable bonds is 1. The lowest BCUT2D eigenvalue weighted by Crippen LogP contribution is -2.45. The van der Waals surface area contributed by atoms with Crippen LogP contribution in [0.2, 0.25) is 0 Å². The second-order valence-corrected chi connectivity index (χ2v) is 9.10. The van der Waals surface area contributed by atoms with Gasteiger partial charge < -0.3 is 41.3 Å². The van der Waals surface area contributed by atoms with Crippen LogP contribution in [0.15, 0.2) is 15.0 Å². The molecule has 14 N–H and O–H groups in total. The van der Waals surface area contributed by atoms with E-state index in [9.17, 15) is 14.4 Å². The SMILES string of the molecule is CC(=O)NN.CC(C)=O.CN=C(NC)NN.CN=C(NC)NNC(C)=O.CN=C(NC)SC.CNC(=S)NC.CNc1nnc(C)n1C. The first-order valence-electron chi connectivity index (χ1n) is 13.8. The minimum atomic E-state index is -0.218. The van der Waals surface area contributed by atoms with Gasteiger partial charge in [0, 0.05) is 84.3 Å². The van der Waals surface area contributed by atoms with Crippen LogP contribution in [0.3, 0.4) is 0 Å². The first kappa shape index (κ1) is 55.9. The van der Waals surface area contributed by atoms with Gasteiger partial charge in [-0.1, -0.05) is 11.8 Å². The monoisotopic (exact) mass is 726 g/mol. The van der Waals surface area contributed by atoms with E-state index >= 15 is 0 Å². The number of hydrogen-bond donors (Lipinski definition) is 12. The van der Waals surface area contributed by atoms with E-state index in [1.807, 2.05) is 44.3 Å². The summed E-state index contributed by atoms with van der Waals surface area (Å²) in [6, 6.07) is 0. The van der Waals surface area contributed by atoms with Crippen molar-refractivity contribution in [2.75, 3.05) is 75.0 Å². The Morgan fingerprint density at radius 3 is 1.27 bits per heavy atom. The third-order valence-corrected chi connectivity index (χ3v) is 5.18. The third-order valence-electron chi connectivity index (χ3n) is 4.00. The van der Waals surface area contributed by atoms with Gasteiger partial charge in [0.05, 0.1) is 0 Å². The molecule has 0 saturated carbocycles. The predicted octanol–water partition coefficient (Wildman–Crippen LogP) is -2.49. The number of nitrogens with two attached hydrogens (primary N) is 2. The highest BCUT2D eigenvalue weighted by molar-refractivity contribution is 8.13. The van der Waals surface area contributed by atoms with Crippen molar-refractivity contribution in [1.29, 1.82) is 0 Å². The van der Waals surface area contributed by atoms with Crippen molar-refractivity contribution < 1.29 is 14.4 Å². The fourth-order valence-corrected chi connectivity index (χ4v) is 2.07. The van der Waals surface area contributed by atoms with Gasteiger partial charge in [0.25, 0.3) is 0 Å². The Morgan fingerprint density at radius 2 is 1.17 bits per heavy atom. The molecular formula is C25H62N18O3S2. The minimum Gasteiger partial charge on any atom is -0.368 e. The van der Waals surface area contributed by atoms with Crippen molar-refractivity contribution in [1.82, 2.24) is 63.1 Å². The summed E-state index contributed by atoms with van der Waals surface area (Å²) in [7, 11) is 17.6. The zero-order valence-corrected chi connectivity index (χ0v) is 33.0. The van der Waals surface area contributed by atoms with Crippen molar-refractivity contribution in [3.63, 3.8) is 0 Å². The number of amidine groups is 1. The number of amides is 2. The van der Waals surface area contributed by atoms with E-state index < -0.39 is 0 Å². The third kappa shape index (κ3) is 48.4. The number of hydrazine groups is 3. The largest absolute Gasteiger partial charge is 0.368 e. The number of thioether (sulfide) groups is 1. The fraction of sp³-hybridized carbons (Fsp3) is 0.640. The van der Waals surface area contributed by atoms with Crippen LogP contribution in [0, 0.1) is 6.92 Å². The summed E-state index contributed by atoms with van der Waals surface area (Å²) in [5.74, 6) is 12.1. The van der Waals surface area contributed by atoms with Crippen LogP contribution in [0.5, 0.6) is 0 Å². The van der Waals surface area contributed by atoms with Gasteiger partial charge in [0.2, 0.25) is 29.7 Å². The van der Waals surface area contributed by atoms with Gasteiger partial charge in [-0.3, -0.25) is 46.3 Å². The van der Waals surface area contributed by atoms with Crippen LogP contribution < -0.4 is 65.3 Å². The molecule has 1 heterocycles. The van der Waals surface area contributed by atoms with Gasteiger partial charge in [-0.15, -0.1) is 10.2 Å². The van der Waals surface area contributed by atoms with Crippen molar-refractivity contribution in [2.45, 2.75) is 34.6 Å². The molecular weight excluding hydrogens is 665 g/mol. The number of anilines is 1. The molecule has 282 valence electrons. The molecule has 1 rings (SSSR count). The van der Waals surface area contributed by atoms with E-state index in [-0.39, 0.29) is 17.6 Å². The zero-order valence-electron chi connectivity index (χ0n) is 31.4. The summed E-state index contributed by atoms with van der Waals surface area (Å²) in [5.41, 5.74) is 9.15. The Balaban J connectivity index is -0.000000109. The number of Topliss-reactive ketones (excluding diaryl/α,β-unsaturated/α-hetero) is 1. The van der Waals surface area contributed by atoms with Gasteiger partial charge in [0.15, 0.2) is 10.3 Å². The maximum absolute atomic E-state index is 10.3. The Bertz CT molecular complexity index is 1010. The van der Waals surface area contributed by atoms with Gasteiger partial charge in [-0.2, -0.15) is 0 Å². The summed E-state index contributed by atoms with van der Waals surface area (Å²) in [4.78, 5) is 40.7. The highest BCUT2D eigenvalue weighted by Crippen LogP contribution is 2.00. The van der Waals surface area contributed by atoms with E-state index in [1.54, 1.807) is 61.1 Å². The van der Waals surface area contributed by atoms with Gasteiger partial charge in [-0.25, -0.2) is 11.7 Å². The number of guanidine groups is 2. The average Bonchev–Trinajstić information content (AvgIpc) is 3.40. The van der Waals surface area contributed by atoms with E-state index in [0.717, 1.165) is 16.9 Å². The number of carbonyl (C=O) groups is 3. The van der Waals surface area contributed by atoms with E-state index in [2.05, 4.69) is 91.4 Å². The molecule has 0 radical (unpaired) electrons. The summed E-state index contributed by atoms with van der Waals surface area (Å²) in [6.07, 6.45) is 1.98. The maximum atomic E-state index is 10.3. The second-order valence-electron chi connectivity index (χ2n) is 7.90. The number of carbonyl (C=O) groups excluding carboxylic acids is 3. The Hall–Kier alpha value is -4.48. The van der Waals surface area contributed by atoms with Crippen molar-refractivity contribution >= 4 is 69.7 Å². The molecule has 21 nitrogen and oxygen atoms in total. The summed E-state index contributed by atoms with van der Waals surface area (Å²) in [6.45, 7) is 7.73. The van der Waals surface area contributed by atoms with Gasteiger partial charge in [-0.05, 0) is 39.2 Å². The first-order valence-corrected chi connectivity index (χ1v) is 15.4. The van der Waals surface area contributed by atoms with Crippen molar-refractivity contribution in [3.05, 3.63) is 5.82 Å². The van der Waals surface area contributed by atoms with E-state index in [4.69, 9.17) is 5.84 Å². The standard InChI is InChI=1S/C5H12N4O.C5H10N4.C4H10N2S.C3H10N4.C3H8N2S.C3H6O.C2H6N2O/c1-4(10)8-9-5(6-2)7-3;1-4-7-8-5(6-2)9(4)3;1-5-4(6-2)7-3;1-5-3(6-2)7-4;1-4-3(6)5-2;1-3(2)4;1-2(5)4-3/h1-3H3,(H,8,10)(H2,6,7,9);1-3H3,(H,6,8);1-3H3,(H,5,6);4H2,1-2H3,(H2,5,6,7);1-2H3,(H2,4,5,6);1-2H3;3H2,1H3,(H,4,5). The molecule has 1 aromatic heterocycles. The van der Waals surface area contributed by atoms with Crippen LogP contribution in [-0.2, 0) is 21.4 Å². The lowest BCUT2D eigenvalue weighted by molar-refractivity contribution is -0.120. The van der Waals surface area contributed by atoms with Crippen LogP contribution in [0.25, 0.3) is 0 Å². The van der Waals surface area contributed by atoms with E-state index in [1.165, 1.54) is 27.7 Å². The van der Waals surface area contributed by atoms with Gasteiger partial charge >= 0.3 is 0 Å². The maximum Gasteiger partial charge on any atom is 0.235 e. The molecule has 0 unspecified atom stereocenters. The topological polar surface area (TPSA) is 291 Å². The molecule has 2 amide bonds. The highest BCUT2D eigenvalue weighted by Gasteiger charge is 1.99. The van der Waals surface area contributed by atoms with E-state index in [0.29, 0.717) is 17.0 Å². The molecule has 0 aliphatic rings. The number of aromatic nitrogens is 3. The average molecular weight is 727 g/mol. The number of nitrogens with one attached hydrogen (secondary N) is 10. The van der Waals surface area contributed by atoms with Crippen molar-refractivity contribution in [3.8, 4) is 0 Å². The summed E-state index contributed by atoms with van der Waals surface area (Å²) < 4.78 is 1.89. The zero-order chi connectivity index (χ0) is 39.1. The molecule has 0 fully saturated rings. The molecule has 23 heteroatoms. The molecule has 0 aromatic carbocycles. The molecule has 48 heavy (non-hydrogen) atoms. The summed E-state index contributed by atoms with van der Waals surface area (Å²) in [5, 5.41) is 26.1. The first-order chi connectivity index (χ1) is 22.5. The Morgan fingerprint density at radius 1 is 0.729 bits per heavy atom. The minimum absolute atomic E-state index is 0.156. The number of ketones is 1. The number of nitrogens with zero attached hydrogens (tertiary/aromatic N) is 6. The molecule has 0 aliphatic heterocycles. The quantitative estimate of drug-likeness (QED) is 0.0356. The van der Waals surface area contributed by atoms with Crippen LogP contribution in [0.1, 0.15) is 33.5 Å². The molecule has 0 aliphatic carbocycles. The summed E-state index contributed by atoms with van der Waals surface area (Å²) >= 11 is 6.24. The van der Waals surface area contributed by atoms with Crippen LogP contribution >= 0.6 is 24.0 Å². The lowest BCUT2D eigenvalue weighted by Gasteiger charge is -2.06. The second kappa shape index (κ2) is 42.5. The molecule has 0 bridgehead atoms. The van der Waals surface area contributed by atoms with Crippen LogP contribution in [0.4, 0.5) is 5.95 Å². The molecule has 0 spiro atoms. The molecule has 0 atom stereocenters. The van der Waals surface area contributed by atoms with Gasteiger partial charge in [0.1, 0.15) is 11.6 Å². The predicted molar refractivity (Wildman–Crippen MR) is 205 cm³/mol. The Kier molecular flexibility index (Phi) is 49.5. The normalized spacial score (nSPS) is 9.42. The molecule has 0 saturated heterocycles. The fourth-order valence-electron chi connectivity index (χ4n) is 1.68. The molecule has 1 aromatic rings. The number of aliphatic imine (C=N–C) groups is 3. The van der Waals surface area contributed by atoms with Crippen molar-refractivity contribution in [2.24, 2.45) is 33.7 Å². The number of hydrogen-bond acceptors (Lipinski definition) is 13. The Labute approximate surface area is 295 Å².